The molecule has 124 valence electrons. The van der Waals surface area contributed by atoms with Crippen LogP contribution in [0.15, 0.2) is 36.5 Å². The fraction of sp³-hybridized carbons (Fsp3) is 0.278. The Hall–Kier alpha value is -2.76. The molecule has 6 heteroatoms. The maximum atomic E-state index is 13.6. The van der Waals surface area contributed by atoms with Gasteiger partial charge in [0.15, 0.2) is 0 Å². The molecule has 1 aliphatic rings. The van der Waals surface area contributed by atoms with Crippen LogP contribution in [-0.2, 0) is 10.2 Å². The monoisotopic (exact) mass is 327 g/mol. The molecule has 1 aromatic heterocycles. The summed E-state index contributed by atoms with van der Waals surface area (Å²) in [6.45, 7) is 6.24. The van der Waals surface area contributed by atoms with E-state index in [-0.39, 0.29) is 16.9 Å². The highest BCUT2D eigenvalue weighted by atomic mass is 19.1. The molecule has 1 aliphatic heterocycles. The number of amides is 2. The van der Waals surface area contributed by atoms with Crippen molar-refractivity contribution in [2.75, 3.05) is 16.8 Å². The molecule has 2 amide bonds. The van der Waals surface area contributed by atoms with E-state index in [9.17, 15) is 14.0 Å². The zero-order valence-electron chi connectivity index (χ0n) is 13.8. The molecule has 1 aromatic carbocycles. The van der Waals surface area contributed by atoms with E-state index in [1.807, 2.05) is 6.07 Å². The number of hydrogen-bond acceptors (Lipinski definition) is 3. The van der Waals surface area contributed by atoms with Crippen molar-refractivity contribution in [2.24, 2.45) is 0 Å². The van der Waals surface area contributed by atoms with E-state index in [1.165, 1.54) is 25.3 Å². The van der Waals surface area contributed by atoms with Gasteiger partial charge in [-0.2, -0.15) is 4.39 Å². The Labute approximate surface area is 139 Å². The third kappa shape index (κ3) is 2.75. The average Bonchev–Trinajstić information content (AvgIpc) is 2.79. The maximum absolute atomic E-state index is 13.6. The highest BCUT2D eigenvalue weighted by Gasteiger charge is 2.36. The molecule has 0 bridgehead atoms. The lowest BCUT2D eigenvalue weighted by Crippen LogP contribution is -2.32. The van der Waals surface area contributed by atoms with Crippen LogP contribution in [0.25, 0.3) is 0 Å². The van der Waals surface area contributed by atoms with Crippen molar-refractivity contribution in [1.29, 1.82) is 0 Å². The molecule has 2 aromatic rings. The summed E-state index contributed by atoms with van der Waals surface area (Å²) in [5.41, 5.74) is 2.05. The Morgan fingerprint density at radius 2 is 2.04 bits per heavy atom. The van der Waals surface area contributed by atoms with Gasteiger partial charge < -0.3 is 10.2 Å². The van der Waals surface area contributed by atoms with Gasteiger partial charge in [0, 0.05) is 36.5 Å². The van der Waals surface area contributed by atoms with Crippen molar-refractivity contribution < 1.29 is 14.0 Å². The average molecular weight is 327 g/mol. The molecule has 0 radical (unpaired) electrons. The Kier molecular flexibility index (Phi) is 3.83. The van der Waals surface area contributed by atoms with E-state index in [0.717, 1.165) is 11.3 Å². The van der Waals surface area contributed by atoms with Gasteiger partial charge in [-0.1, -0.05) is 19.9 Å². The van der Waals surface area contributed by atoms with Crippen molar-refractivity contribution in [2.45, 2.75) is 26.2 Å². The highest BCUT2D eigenvalue weighted by molar-refractivity contribution is 6.05. The maximum Gasteiger partial charge on any atom is 0.260 e. The second-order valence-corrected chi connectivity index (χ2v) is 6.52. The molecule has 0 spiro atoms. The molecule has 3 rings (SSSR count). The van der Waals surface area contributed by atoms with E-state index in [4.69, 9.17) is 0 Å². The van der Waals surface area contributed by atoms with Crippen LogP contribution < -0.4 is 10.2 Å². The third-order valence-corrected chi connectivity index (χ3v) is 4.21. The number of rotatable bonds is 2. The second-order valence-electron chi connectivity index (χ2n) is 6.52. The molecule has 0 fully saturated rings. The minimum absolute atomic E-state index is 0.0522. The summed E-state index contributed by atoms with van der Waals surface area (Å²) in [6, 6.07) is 8.28. The van der Waals surface area contributed by atoms with E-state index < -0.39 is 11.9 Å². The summed E-state index contributed by atoms with van der Waals surface area (Å²) in [5, 5.41) is 2.66. The number of halogens is 1. The van der Waals surface area contributed by atoms with Crippen molar-refractivity contribution in [3.8, 4) is 0 Å². The molecule has 0 aliphatic carbocycles. The van der Waals surface area contributed by atoms with E-state index >= 15 is 0 Å². The lowest BCUT2D eigenvalue weighted by molar-refractivity contribution is -0.116. The Balaban J connectivity index is 1.92. The van der Waals surface area contributed by atoms with E-state index in [0.29, 0.717) is 12.2 Å². The van der Waals surface area contributed by atoms with Gasteiger partial charge in [-0.15, -0.1) is 0 Å². The summed E-state index contributed by atoms with van der Waals surface area (Å²) < 4.78 is 13.6. The van der Waals surface area contributed by atoms with Crippen molar-refractivity contribution in [3.05, 3.63) is 53.6 Å². The van der Waals surface area contributed by atoms with Gasteiger partial charge >= 0.3 is 0 Å². The van der Waals surface area contributed by atoms with Crippen LogP contribution >= 0.6 is 0 Å². The van der Waals surface area contributed by atoms with E-state index in [2.05, 4.69) is 24.1 Å². The SMILES string of the molecule is CC(=O)N1CC(C)(C)c2ccc(NC(=O)c3cccnc3F)cc21. The molecule has 0 saturated heterocycles. The number of aromatic nitrogens is 1. The highest BCUT2D eigenvalue weighted by Crippen LogP contribution is 2.41. The largest absolute Gasteiger partial charge is 0.322 e. The summed E-state index contributed by atoms with van der Waals surface area (Å²) >= 11 is 0. The summed E-state index contributed by atoms with van der Waals surface area (Å²) in [4.78, 5) is 29.2. The number of benzene rings is 1. The minimum Gasteiger partial charge on any atom is -0.322 e. The van der Waals surface area contributed by atoms with Crippen molar-refractivity contribution >= 4 is 23.2 Å². The standard InChI is InChI=1S/C18H18FN3O2/c1-11(23)22-10-18(2,3)14-7-6-12(9-15(14)22)21-17(24)13-5-4-8-20-16(13)19/h4-9H,10H2,1-3H3,(H,21,24). The smallest absolute Gasteiger partial charge is 0.260 e. The minimum atomic E-state index is -0.817. The number of anilines is 2. The Bertz CT molecular complexity index is 833. The number of nitrogens with zero attached hydrogens (tertiary/aromatic N) is 2. The number of pyridine rings is 1. The number of fused-ring (bicyclic) bond motifs is 1. The zero-order valence-corrected chi connectivity index (χ0v) is 13.8. The molecule has 0 saturated carbocycles. The molecule has 1 N–H and O–H groups in total. The van der Waals surface area contributed by atoms with Crippen LogP contribution in [0.1, 0.15) is 36.7 Å². The quantitative estimate of drug-likeness (QED) is 0.862. The van der Waals surface area contributed by atoms with Crippen molar-refractivity contribution in [1.82, 2.24) is 4.98 Å². The normalized spacial score (nSPS) is 15.1. The van der Waals surface area contributed by atoms with Crippen LogP contribution in [0, 0.1) is 5.95 Å². The van der Waals surface area contributed by atoms with Crippen molar-refractivity contribution in [3.63, 3.8) is 0 Å². The molecule has 2 heterocycles. The topological polar surface area (TPSA) is 62.3 Å². The second kappa shape index (κ2) is 5.70. The van der Waals surface area contributed by atoms with Crippen LogP contribution in [-0.4, -0.2) is 23.3 Å². The molecular weight excluding hydrogens is 309 g/mol. The fourth-order valence-electron chi connectivity index (χ4n) is 3.01. The van der Waals surface area contributed by atoms with E-state index in [1.54, 1.807) is 17.0 Å². The summed E-state index contributed by atoms with van der Waals surface area (Å²) in [5.74, 6) is -1.45. The third-order valence-electron chi connectivity index (χ3n) is 4.21. The molecule has 24 heavy (non-hydrogen) atoms. The van der Waals surface area contributed by atoms with Gasteiger partial charge in [0.25, 0.3) is 5.91 Å². The van der Waals surface area contributed by atoms with Crippen LogP contribution in [0.2, 0.25) is 0 Å². The van der Waals surface area contributed by atoms with Gasteiger partial charge in [0.1, 0.15) is 0 Å². The predicted molar refractivity (Wildman–Crippen MR) is 89.6 cm³/mol. The van der Waals surface area contributed by atoms with Gasteiger partial charge in [-0.05, 0) is 29.8 Å². The molecule has 0 atom stereocenters. The summed E-state index contributed by atoms with van der Waals surface area (Å²) in [7, 11) is 0. The predicted octanol–water partition coefficient (Wildman–Crippen LogP) is 3.12. The van der Waals surface area contributed by atoms with Crippen LogP contribution in [0.4, 0.5) is 15.8 Å². The first kappa shape index (κ1) is 16.1. The Morgan fingerprint density at radius 1 is 1.29 bits per heavy atom. The number of hydrogen-bond donors (Lipinski definition) is 1. The molecule has 5 nitrogen and oxygen atoms in total. The fourth-order valence-corrected chi connectivity index (χ4v) is 3.01. The van der Waals surface area contributed by atoms with Gasteiger partial charge in [0.05, 0.1) is 5.56 Å². The van der Waals surface area contributed by atoms with Crippen LogP contribution in [0.5, 0.6) is 0 Å². The van der Waals surface area contributed by atoms with Gasteiger partial charge in [0.2, 0.25) is 11.9 Å². The Morgan fingerprint density at radius 3 is 2.71 bits per heavy atom. The first-order valence-electron chi connectivity index (χ1n) is 7.64. The lowest BCUT2D eigenvalue weighted by Gasteiger charge is -2.19. The lowest BCUT2D eigenvalue weighted by atomic mass is 9.87. The first-order chi connectivity index (χ1) is 11.3. The zero-order chi connectivity index (χ0) is 17.5. The molecular formula is C18H18FN3O2. The van der Waals surface area contributed by atoms with Gasteiger partial charge in [-0.3, -0.25) is 9.59 Å². The van der Waals surface area contributed by atoms with Crippen LogP contribution in [0.3, 0.4) is 0 Å². The molecule has 0 unspecified atom stereocenters. The number of carbonyl (C=O) groups is 2. The number of nitrogens with one attached hydrogen (secondary N) is 1. The first-order valence-corrected chi connectivity index (χ1v) is 7.64. The van der Waals surface area contributed by atoms with Gasteiger partial charge in [-0.25, -0.2) is 4.98 Å². The summed E-state index contributed by atoms with van der Waals surface area (Å²) in [6.07, 6.45) is 1.29. The number of carbonyl (C=O) groups excluding carboxylic acids is 2.